The first-order valence-electron chi connectivity index (χ1n) is 8.86. The SMILES string of the molecule is C[C@H]1Oc2ccccc2O[C@H]1C(=O)Nc1ccc(N2CCCC2=O)c(Cl)c1. The van der Waals surface area contributed by atoms with Gasteiger partial charge in [-0.2, -0.15) is 0 Å². The average molecular weight is 387 g/mol. The Morgan fingerprint density at radius 2 is 1.93 bits per heavy atom. The number of hydrogen-bond donors (Lipinski definition) is 1. The minimum Gasteiger partial charge on any atom is -0.482 e. The fourth-order valence-electron chi connectivity index (χ4n) is 3.33. The molecule has 0 radical (unpaired) electrons. The van der Waals surface area contributed by atoms with Crippen LogP contribution in [0.25, 0.3) is 0 Å². The van der Waals surface area contributed by atoms with E-state index < -0.39 is 12.2 Å². The third-order valence-corrected chi connectivity index (χ3v) is 4.98. The van der Waals surface area contributed by atoms with Crippen molar-refractivity contribution < 1.29 is 19.1 Å². The summed E-state index contributed by atoms with van der Waals surface area (Å²) in [5.41, 5.74) is 1.20. The van der Waals surface area contributed by atoms with Crippen molar-refractivity contribution in [1.29, 1.82) is 0 Å². The van der Waals surface area contributed by atoms with Crippen LogP contribution in [-0.4, -0.2) is 30.6 Å². The second-order valence-electron chi connectivity index (χ2n) is 6.61. The molecule has 0 aliphatic carbocycles. The standard InChI is InChI=1S/C20H19ClN2O4/c1-12-19(27-17-6-3-2-5-16(17)26-12)20(25)22-13-8-9-15(14(21)11-13)23-10-4-7-18(23)24/h2-3,5-6,8-9,11-12,19H,4,7,10H2,1H3,(H,22,25)/t12-,19-/m1/s1. The van der Waals surface area contributed by atoms with Crippen LogP contribution >= 0.6 is 11.6 Å². The minimum atomic E-state index is -0.779. The van der Waals surface area contributed by atoms with Gasteiger partial charge in [0.25, 0.3) is 5.91 Å². The van der Waals surface area contributed by atoms with Crippen molar-refractivity contribution in [1.82, 2.24) is 0 Å². The molecule has 140 valence electrons. The summed E-state index contributed by atoms with van der Waals surface area (Å²) in [6.45, 7) is 2.45. The number of nitrogens with one attached hydrogen (secondary N) is 1. The second-order valence-corrected chi connectivity index (χ2v) is 7.02. The zero-order valence-corrected chi connectivity index (χ0v) is 15.5. The molecular weight excluding hydrogens is 368 g/mol. The van der Waals surface area contributed by atoms with Crippen LogP contribution in [0.2, 0.25) is 5.02 Å². The van der Waals surface area contributed by atoms with Gasteiger partial charge in [-0.1, -0.05) is 23.7 Å². The first-order chi connectivity index (χ1) is 13.0. The van der Waals surface area contributed by atoms with Crippen LogP contribution in [-0.2, 0) is 9.59 Å². The average Bonchev–Trinajstić information content (AvgIpc) is 3.07. The van der Waals surface area contributed by atoms with Gasteiger partial charge in [0.05, 0.1) is 10.7 Å². The lowest BCUT2D eigenvalue weighted by atomic mass is 10.1. The summed E-state index contributed by atoms with van der Waals surface area (Å²) >= 11 is 6.34. The maximum absolute atomic E-state index is 12.7. The van der Waals surface area contributed by atoms with Gasteiger partial charge in [0.1, 0.15) is 6.10 Å². The Hall–Kier alpha value is -2.73. The lowest BCUT2D eigenvalue weighted by molar-refractivity contribution is -0.128. The van der Waals surface area contributed by atoms with E-state index in [1.54, 1.807) is 42.2 Å². The summed E-state index contributed by atoms with van der Waals surface area (Å²) in [6, 6.07) is 12.4. The highest BCUT2D eigenvalue weighted by molar-refractivity contribution is 6.34. The normalized spacial score (nSPS) is 21.3. The van der Waals surface area contributed by atoms with Gasteiger partial charge in [-0.05, 0) is 43.7 Å². The van der Waals surface area contributed by atoms with Crippen molar-refractivity contribution in [3.05, 3.63) is 47.5 Å². The molecule has 2 atom stereocenters. The number of hydrogen-bond acceptors (Lipinski definition) is 4. The second kappa shape index (κ2) is 7.12. The van der Waals surface area contributed by atoms with Gasteiger partial charge >= 0.3 is 0 Å². The number of carbonyl (C=O) groups excluding carboxylic acids is 2. The quantitative estimate of drug-likeness (QED) is 0.874. The van der Waals surface area contributed by atoms with Crippen LogP contribution in [0, 0.1) is 0 Å². The monoisotopic (exact) mass is 386 g/mol. The van der Waals surface area contributed by atoms with Crippen LogP contribution in [0.1, 0.15) is 19.8 Å². The van der Waals surface area contributed by atoms with Gasteiger partial charge in [0.15, 0.2) is 11.5 Å². The lowest BCUT2D eigenvalue weighted by Crippen LogP contribution is -2.46. The third-order valence-electron chi connectivity index (χ3n) is 4.68. The molecule has 0 spiro atoms. The smallest absolute Gasteiger partial charge is 0.269 e. The summed E-state index contributed by atoms with van der Waals surface area (Å²) < 4.78 is 11.6. The fraction of sp³-hybridized carbons (Fsp3) is 0.300. The Morgan fingerprint density at radius 1 is 1.19 bits per heavy atom. The van der Waals surface area contributed by atoms with Gasteiger partial charge in [-0.25, -0.2) is 0 Å². The number of benzene rings is 2. The van der Waals surface area contributed by atoms with Gasteiger partial charge in [0.2, 0.25) is 12.0 Å². The number of amides is 2. The number of ether oxygens (including phenoxy) is 2. The molecule has 2 aliphatic rings. The number of carbonyl (C=O) groups is 2. The molecule has 1 saturated heterocycles. The first-order valence-corrected chi connectivity index (χ1v) is 9.24. The Labute approximate surface area is 162 Å². The van der Waals surface area contributed by atoms with E-state index in [0.717, 1.165) is 6.42 Å². The highest BCUT2D eigenvalue weighted by atomic mass is 35.5. The van der Waals surface area contributed by atoms with E-state index in [9.17, 15) is 9.59 Å². The summed E-state index contributed by atoms with van der Waals surface area (Å²) in [6.07, 6.45) is 0.148. The molecule has 2 aromatic carbocycles. The molecule has 2 heterocycles. The molecule has 0 saturated carbocycles. The van der Waals surface area contributed by atoms with Crippen molar-refractivity contribution in [2.45, 2.75) is 32.0 Å². The minimum absolute atomic E-state index is 0.0638. The van der Waals surface area contributed by atoms with E-state index in [1.165, 1.54) is 0 Å². The lowest BCUT2D eigenvalue weighted by Gasteiger charge is -2.31. The number of halogens is 1. The highest BCUT2D eigenvalue weighted by Gasteiger charge is 2.34. The summed E-state index contributed by atoms with van der Waals surface area (Å²) in [7, 11) is 0. The predicted molar refractivity (Wildman–Crippen MR) is 103 cm³/mol. The number of fused-ring (bicyclic) bond motifs is 1. The molecule has 7 heteroatoms. The maximum Gasteiger partial charge on any atom is 0.269 e. The molecule has 27 heavy (non-hydrogen) atoms. The van der Waals surface area contributed by atoms with Crippen molar-refractivity contribution >= 4 is 34.8 Å². The van der Waals surface area contributed by atoms with Crippen LogP contribution in [0.5, 0.6) is 11.5 Å². The molecule has 4 rings (SSSR count). The van der Waals surface area contributed by atoms with E-state index in [2.05, 4.69) is 5.32 Å². The van der Waals surface area contributed by atoms with Crippen LogP contribution < -0.4 is 19.7 Å². The van der Waals surface area contributed by atoms with E-state index in [0.29, 0.717) is 40.9 Å². The molecule has 2 amide bonds. The molecule has 0 unspecified atom stereocenters. The predicted octanol–water partition coefficient (Wildman–Crippen LogP) is 3.63. The van der Waals surface area contributed by atoms with Crippen LogP contribution in [0.15, 0.2) is 42.5 Å². The van der Waals surface area contributed by atoms with Crippen molar-refractivity contribution in [2.24, 2.45) is 0 Å². The molecule has 2 aliphatic heterocycles. The van der Waals surface area contributed by atoms with E-state index in [-0.39, 0.29) is 11.8 Å². The third kappa shape index (κ3) is 3.45. The van der Waals surface area contributed by atoms with Crippen molar-refractivity contribution in [3.63, 3.8) is 0 Å². The Balaban J connectivity index is 1.48. The number of rotatable bonds is 3. The van der Waals surface area contributed by atoms with E-state index >= 15 is 0 Å². The summed E-state index contributed by atoms with van der Waals surface area (Å²) in [5.74, 6) is 0.903. The zero-order chi connectivity index (χ0) is 19.0. The molecular formula is C20H19ClN2O4. The molecule has 1 fully saturated rings. The molecule has 6 nitrogen and oxygen atoms in total. The highest BCUT2D eigenvalue weighted by Crippen LogP contribution is 2.35. The van der Waals surface area contributed by atoms with E-state index in [4.69, 9.17) is 21.1 Å². The molecule has 2 aromatic rings. The Bertz CT molecular complexity index is 901. The fourth-order valence-corrected chi connectivity index (χ4v) is 3.61. The number of para-hydroxylation sites is 2. The Morgan fingerprint density at radius 3 is 2.59 bits per heavy atom. The van der Waals surface area contributed by atoms with Crippen molar-refractivity contribution in [3.8, 4) is 11.5 Å². The zero-order valence-electron chi connectivity index (χ0n) is 14.8. The van der Waals surface area contributed by atoms with Crippen LogP contribution in [0.3, 0.4) is 0 Å². The van der Waals surface area contributed by atoms with Crippen molar-refractivity contribution in [2.75, 3.05) is 16.8 Å². The van der Waals surface area contributed by atoms with E-state index in [1.807, 2.05) is 12.1 Å². The number of nitrogens with zero attached hydrogens (tertiary/aromatic N) is 1. The maximum atomic E-state index is 12.7. The summed E-state index contributed by atoms with van der Waals surface area (Å²) in [4.78, 5) is 26.2. The van der Waals surface area contributed by atoms with Crippen LogP contribution in [0.4, 0.5) is 11.4 Å². The van der Waals surface area contributed by atoms with Gasteiger partial charge in [-0.15, -0.1) is 0 Å². The van der Waals surface area contributed by atoms with Gasteiger partial charge < -0.3 is 19.7 Å². The van der Waals surface area contributed by atoms with Gasteiger partial charge in [0, 0.05) is 18.7 Å². The summed E-state index contributed by atoms with van der Waals surface area (Å²) in [5, 5.41) is 3.23. The molecule has 0 bridgehead atoms. The molecule has 1 N–H and O–H groups in total. The largest absolute Gasteiger partial charge is 0.482 e. The first kappa shape index (κ1) is 17.7. The topological polar surface area (TPSA) is 67.9 Å². The number of anilines is 2. The Kier molecular flexibility index (Phi) is 4.66. The van der Waals surface area contributed by atoms with Gasteiger partial charge in [-0.3, -0.25) is 9.59 Å². The molecule has 0 aromatic heterocycles.